The zero-order chi connectivity index (χ0) is 17.7. The van der Waals surface area contributed by atoms with Crippen LogP contribution < -0.4 is 10.6 Å². The standard InChI is InChI=1S/C17H16F4N2O/c1-11(14-4-2-3-5-15(14)18)22-10-16(24)23-13-8-6-12(7-9-13)17(19,20)21/h2-9,11,22H,10H2,1H3,(H,23,24). The Kier molecular flexibility index (Phi) is 5.56. The molecule has 1 atom stereocenters. The van der Waals surface area contributed by atoms with Gasteiger partial charge in [-0.1, -0.05) is 18.2 Å². The Morgan fingerprint density at radius 3 is 2.29 bits per heavy atom. The molecule has 0 spiro atoms. The van der Waals surface area contributed by atoms with Gasteiger partial charge in [-0.3, -0.25) is 4.79 Å². The lowest BCUT2D eigenvalue weighted by Crippen LogP contribution is -2.30. The summed E-state index contributed by atoms with van der Waals surface area (Å²) >= 11 is 0. The van der Waals surface area contributed by atoms with Crippen LogP contribution in [0.5, 0.6) is 0 Å². The Morgan fingerprint density at radius 1 is 1.08 bits per heavy atom. The minimum Gasteiger partial charge on any atom is -0.325 e. The molecule has 2 N–H and O–H groups in total. The van der Waals surface area contributed by atoms with Crippen LogP contribution in [-0.2, 0) is 11.0 Å². The summed E-state index contributed by atoms with van der Waals surface area (Å²) in [5.74, 6) is -0.807. The van der Waals surface area contributed by atoms with E-state index < -0.39 is 17.6 Å². The van der Waals surface area contributed by atoms with Crippen LogP contribution in [0.2, 0.25) is 0 Å². The Bertz CT molecular complexity index is 698. The SMILES string of the molecule is CC(NCC(=O)Nc1ccc(C(F)(F)F)cc1)c1ccccc1F. The smallest absolute Gasteiger partial charge is 0.325 e. The molecule has 2 aromatic rings. The van der Waals surface area contributed by atoms with E-state index in [1.54, 1.807) is 25.1 Å². The van der Waals surface area contributed by atoms with Crippen LogP contribution in [0.15, 0.2) is 48.5 Å². The molecule has 0 aliphatic heterocycles. The number of alkyl halides is 3. The molecule has 3 nitrogen and oxygen atoms in total. The molecule has 2 aromatic carbocycles. The topological polar surface area (TPSA) is 41.1 Å². The van der Waals surface area contributed by atoms with Crippen LogP contribution in [0.1, 0.15) is 24.1 Å². The highest BCUT2D eigenvalue weighted by molar-refractivity contribution is 5.92. The highest BCUT2D eigenvalue weighted by Crippen LogP contribution is 2.29. The van der Waals surface area contributed by atoms with Crippen molar-refractivity contribution in [1.82, 2.24) is 5.32 Å². The molecule has 2 rings (SSSR count). The fourth-order valence-corrected chi connectivity index (χ4v) is 2.13. The molecule has 0 fully saturated rings. The highest BCUT2D eigenvalue weighted by atomic mass is 19.4. The van der Waals surface area contributed by atoms with Crippen LogP contribution in [-0.4, -0.2) is 12.5 Å². The van der Waals surface area contributed by atoms with E-state index in [1.165, 1.54) is 18.2 Å². The maximum Gasteiger partial charge on any atom is 0.416 e. The second kappa shape index (κ2) is 7.44. The number of rotatable bonds is 5. The van der Waals surface area contributed by atoms with Crippen molar-refractivity contribution in [3.8, 4) is 0 Å². The molecule has 0 saturated carbocycles. The zero-order valence-corrected chi connectivity index (χ0v) is 12.8. The predicted octanol–water partition coefficient (Wildman–Crippen LogP) is 4.13. The van der Waals surface area contributed by atoms with E-state index in [4.69, 9.17) is 0 Å². The van der Waals surface area contributed by atoms with E-state index in [-0.39, 0.29) is 24.1 Å². The number of benzene rings is 2. The second-order valence-corrected chi connectivity index (χ2v) is 5.25. The molecule has 0 aromatic heterocycles. The first kappa shape index (κ1) is 17.9. The molecule has 0 radical (unpaired) electrons. The van der Waals surface area contributed by atoms with Crippen molar-refractivity contribution in [2.45, 2.75) is 19.1 Å². The number of anilines is 1. The van der Waals surface area contributed by atoms with E-state index >= 15 is 0 Å². The van der Waals surface area contributed by atoms with E-state index in [0.717, 1.165) is 12.1 Å². The third-order valence-electron chi connectivity index (χ3n) is 3.44. The van der Waals surface area contributed by atoms with Gasteiger partial charge in [0.05, 0.1) is 12.1 Å². The van der Waals surface area contributed by atoms with E-state index in [1.807, 2.05) is 0 Å². The number of carbonyl (C=O) groups excluding carboxylic acids is 1. The molecule has 1 amide bonds. The fourth-order valence-electron chi connectivity index (χ4n) is 2.13. The molecule has 0 aliphatic carbocycles. The number of hydrogen-bond acceptors (Lipinski definition) is 2. The first-order chi connectivity index (χ1) is 11.3. The van der Waals surface area contributed by atoms with Gasteiger partial charge in [-0.15, -0.1) is 0 Å². The van der Waals surface area contributed by atoms with E-state index in [0.29, 0.717) is 5.56 Å². The third-order valence-corrected chi connectivity index (χ3v) is 3.44. The van der Waals surface area contributed by atoms with Gasteiger partial charge in [0, 0.05) is 17.3 Å². The van der Waals surface area contributed by atoms with Crippen molar-refractivity contribution >= 4 is 11.6 Å². The summed E-state index contributed by atoms with van der Waals surface area (Å²) in [6.07, 6.45) is -4.42. The van der Waals surface area contributed by atoms with Gasteiger partial charge in [-0.2, -0.15) is 13.2 Å². The lowest BCUT2D eigenvalue weighted by atomic mass is 10.1. The Balaban J connectivity index is 1.88. The summed E-state index contributed by atoms with van der Waals surface area (Å²) < 4.78 is 51.0. The fraction of sp³-hybridized carbons (Fsp3) is 0.235. The van der Waals surface area contributed by atoms with E-state index in [9.17, 15) is 22.4 Å². The average molecular weight is 340 g/mol. The van der Waals surface area contributed by atoms with Gasteiger partial charge in [0.25, 0.3) is 0 Å². The Morgan fingerprint density at radius 2 is 1.71 bits per heavy atom. The monoisotopic (exact) mass is 340 g/mol. The van der Waals surface area contributed by atoms with Gasteiger partial charge in [0.1, 0.15) is 5.82 Å². The van der Waals surface area contributed by atoms with Gasteiger partial charge in [0.15, 0.2) is 0 Å². The van der Waals surface area contributed by atoms with Crippen molar-refractivity contribution in [1.29, 1.82) is 0 Å². The summed E-state index contributed by atoms with van der Waals surface area (Å²) in [5.41, 5.74) is -0.0972. The van der Waals surface area contributed by atoms with Crippen molar-refractivity contribution in [3.05, 3.63) is 65.5 Å². The van der Waals surface area contributed by atoms with Crippen molar-refractivity contribution in [2.75, 3.05) is 11.9 Å². The average Bonchev–Trinajstić information content (AvgIpc) is 2.53. The predicted molar refractivity (Wildman–Crippen MR) is 82.9 cm³/mol. The lowest BCUT2D eigenvalue weighted by Gasteiger charge is -2.15. The first-order valence-corrected chi connectivity index (χ1v) is 7.22. The molecular formula is C17H16F4N2O. The van der Waals surface area contributed by atoms with E-state index in [2.05, 4.69) is 10.6 Å². The summed E-state index contributed by atoms with van der Waals surface area (Å²) in [6.45, 7) is 1.61. The molecule has 0 heterocycles. The van der Waals surface area contributed by atoms with Gasteiger partial charge in [0.2, 0.25) is 5.91 Å². The van der Waals surface area contributed by atoms with Gasteiger partial charge in [-0.05, 0) is 37.3 Å². The second-order valence-electron chi connectivity index (χ2n) is 5.25. The van der Waals surface area contributed by atoms with Crippen molar-refractivity contribution in [3.63, 3.8) is 0 Å². The van der Waals surface area contributed by atoms with Gasteiger partial charge in [-0.25, -0.2) is 4.39 Å². The Labute approximate surface area is 136 Å². The van der Waals surface area contributed by atoms with Crippen molar-refractivity contribution in [2.24, 2.45) is 0 Å². The molecule has 0 saturated heterocycles. The van der Waals surface area contributed by atoms with Gasteiger partial charge >= 0.3 is 6.18 Å². The largest absolute Gasteiger partial charge is 0.416 e. The number of amides is 1. The molecular weight excluding hydrogens is 324 g/mol. The number of nitrogens with one attached hydrogen (secondary N) is 2. The highest BCUT2D eigenvalue weighted by Gasteiger charge is 2.29. The Hall–Kier alpha value is -2.41. The van der Waals surface area contributed by atoms with Crippen LogP contribution in [0.3, 0.4) is 0 Å². The molecule has 1 unspecified atom stereocenters. The number of hydrogen-bond donors (Lipinski definition) is 2. The number of halogens is 4. The first-order valence-electron chi connectivity index (χ1n) is 7.22. The lowest BCUT2D eigenvalue weighted by molar-refractivity contribution is -0.137. The number of carbonyl (C=O) groups is 1. The summed E-state index contributed by atoms with van der Waals surface area (Å²) in [5, 5.41) is 5.34. The molecule has 128 valence electrons. The third kappa shape index (κ3) is 4.79. The molecule has 0 bridgehead atoms. The summed E-state index contributed by atoms with van der Waals surface area (Å²) in [6, 6.07) is 9.97. The quantitative estimate of drug-likeness (QED) is 0.804. The van der Waals surface area contributed by atoms with Gasteiger partial charge < -0.3 is 10.6 Å². The minimum atomic E-state index is -4.42. The normalized spacial score (nSPS) is 12.7. The van der Waals surface area contributed by atoms with Crippen LogP contribution in [0, 0.1) is 5.82 Å². The van der Waals surface area contributed by atoms with Crippen molar-refractivity contribution < 1.29 is 22.4 Å². The minimum absolute atomic E-state index is 0.101. The zero-order valence-electron chi connectivity index (χ0n) is 12.8. The molecule has 24 heavy (non-hydrogen) atoms. The molecule has 7 heteroatoms. The summed E-state index contributed by atoms with van der Waals surface area (Å²) in [7, 11) is 0. The maximum absolute atomic E-state index is 13.6. The maximum atomic E-state index is 13.6. The van der Waals surface area contributed by atoms with Crippen LogP contribution in [0.4, 0.5) is 23.2 Å². The van der Waals surface area contributed by atoms with Crippen LogP contribution in [0.25, 0.3) is 0 Å². The van der Waals surface area contributed by atoms with Crippen LogP contribution >= 0.6 is 0 Å². The summed E-state index contributed by atoms with van der Waals surface area (Å²) in [4.78, 5) is 11.8. The molecule has 0 aliphatic rings.